The number of sulfone groups is 1. The van der Waals surface area contributed by atoms with Gasteiger partial charge in [0.05, 0.1) is 5.25 Å². The van der Waals surface area contributed by atoms with Crippen LogP contribution in [-0.2, 0) is 9.84 Å². The van der Waals surface area contributed by atoms with Crippen LogP contribution in [0.4, 0.5) is 4.39 Å². The Morgan fingerprint density at radius 2 is 2.00 bits per heavy atom. The third-order valence-electron chi connectivity index (χ3n) is 4.09. The van der Waals surface area contributed by atoms with Gasteiger partial charge in [0, 0.05) is 23.9 Å². The fourth-order valence-corrected chi connectivity index (χ4v) is 4.13. The molecule has 1 N–H and O–H groups in total. The summed E-state index contributed by atoms with van der Waals surface area (Å²) in [5, 5.41) is 3.11. The smallest absolute Gasteiger partial charge is 0.150 e. The quantitative estimate of drug-likeness (QED) is 0.930. The maximum atomic E-state index is 13.7. The third-order valence-corrected chi connectivity index (χ3v) is 5.73. The SMILES string of the molecule is C[C@@H](NC1CCCC(S(C)(=O)=O)C1)c1ccccc1F. The van der Waals surface area contributed by atoms with Crippen molar-refractivity contribution >= 4 is 9.84 Å². The zero-order valence-electron chi connectivity index (χ0n) is 12.0. The van der Waals surface area contributed by atoms with Gasteiger partial charge in [-0.05, 0) is 32.3 Å². The van der Waals surface area contributed by atoms with Crippen molar-refractivity contribution in [1.29, 1.82) is 0 Å². The molecule has 20 heavy (non-hydrogen) atoms. The van der Waals surface area contributed by atoms with Crippen LogP contribution in [-0.4, -0.2) is 26.0 Å². The van der Waals surface area contributed by atoms with Gasteiger partial charge in [-0.25, -0.2) is 12.8 Å². The fraction of sp³-hybridized carbons (Fsp3) is 0.600. The molecule has 2 unspecified atom stereocenters. The van der Waals surface area contributed by atoms with Gasteiger partial charge >= 0.3 is 0 Å². The number of halogens is 1. The lowest BCUT2D eigenvalue weighted by molar-refractivity contribution is 0.343. The highest BCUT2D eigenvalue weighted by Gasteiger charge is 2.29. The first-order chi connectivity index (χ1) is 9.38. The molecular weight excluding hydrogens is 277 g/mol. The van der Waals surface area contributed by atoms with E-state index in [1.165, 1.54) is 12.3 Å². The molecule has 0 amide bonds. The van der Waals surface area contributed by atoms with Crippen LogP contribution >= 0.6 is 0 Å². The van der Waals surface area contributed by atoms with Crippen LogP contribution in [0.2, 0.25) is 0 Å². The van der Waals surface area contributed by atoms with Gasteiger partial charge in [-0.2, -0.15) is 0 Å². The van der Waals surface area contributed by atoms with Gasteiger partial charge in [0.25, 0.3) is 0 Å². The highest BCUT2D eigenvalue weighted by molar-refractivity contribution is 7.91. The van der Waals surface area contributed by atoms with E-state index in [4.69, 9.17) is 0 Å². The summed E-state index contributed by atoms with van der Waals surface area (Å²) in [6, 6.07) is 6.73. The Kier molecular flexibility index (Phi) is 4.81. The van der Waals surface area contributed by atoms with Crippen molar-refractivity contribution < 1.29 is 12.8 Å². The third kappa shape index (κ3) is 3.79. The lowest BCUT2D eigenvalue weighted by Gasteiger charge is -2.31. The second-order valence-electron chi connectivity index (χ2n) is 5.72. The van der Waals surface area contributed by atoms with E-state index >= 15 is 0 Å². The van der Waals surface area contributed by atoms with Crippen molar-refractivity contribution in [1.82, 2.24) is 5.32 Å². The summed E-state index contributed by atoms with van der Waals surface area (Å²) in [6.07, 6.45) is 4.52. The van der Waals surface area contributed by atoms with E-state index in [0.717, 1.165) is 19.3 Å². The second-order valence-corrected chi connectivity index (χ2v) is 8.05. The first-order valence-electron chi connectivity index (χ1n) is 7.07. The second kappa shape index (κ2) is 6.22. The number of benzene rings is 1. The number of nitrogens with one attached hydrogen (secondary N) is 1. The monoisotopic (exact) mass is 299 g/mol. The molecule has 0 spiro atoms. The summed E-state index contributed by atoms with van der Waals surface area (Å²) in [5.41, 5.74) is 0.633. The van der Waals surface area contributed by atoms with Gasteiger partial charge in [0.2, 0.25) is 0 Å². The van der Waals surface area contributed by atoms with Crippen LogP contribution in [0.1, 0.15) is 44.2 Å². The first-order valence-corrected chi connectivity index (χ1v) is 9.02. The molecule has 1 aliphatic rings. The zero-order valence-corrected chi connectivity index (χ0v) is 12.8. The Balaban J connectivity index is 2.01. The molecule has 5 heteroatoms. The Morgan fingerprint density at radius 3 is 2.65 bits per heavy atom. The summed E-state index contributed by atoms with van der Waals surface area (Å²) >= 11 is 0. The van der Waals surface area contributed by atoms with Crippen molar-refractivity contribution in [3.63, 3.8) is 0 Å². The molecule has 0 aromatic heterocycles. The molecule has 1 aromatic rings. The minimum atomic E-state index is -2.98. The molecule has 1 saturated carbocycles. The minimum absolute atomic E-state index is 0.112. The lowest BCUT2D eigenvalue weighted by Crippen LogP contribution is -2.40. The maximum absolute atomic E-state index is 13.7. The van der Waals surface area contributed by atoms with Gasteiger partial charge in [-0.3, -0.25) is 0 Å². The molecule has 1 aliphatic carbocycles. The van der Waals surface area contributed by atoms with Crippen molar-refractivity contribution in [2.45, 2.75) is 49.9 Å². The van der Waals surface area contributed by atoms with Gasteiger partial charge < -0.3 is 5.32 Å². The van der Waals surface area contributed by atoms with Crippen molar-refractivity contribution in [2.24, 2.45) is 0 Å². The molecule has 0 heterocycles. The van der Waals surface area contributed by atoms with Crippen molar-refractivity contribution in [3.05, 3.63) is 35.6 Å². The lowest BCUT2D eigenvalue weighted by atomic mass is 9.93. The van der Waals surface area contributed by atoms with Crippen LogP contribution in [0.15, 0.2) is 24.3 Å². The molecular formula is C15H22FNO2S. The highest BCUT2D eigenvalue weighted by atomic mass is 32.2. The zero-order chi connectivity index (χ0) is 14.8. The minimum Gasteiger partial charge on any atom is -0.307 e. The summed E-state index contributed by atoms with van der Waals surface area (Å²) in [5.74, 6) is -0.219. The largest absolute Gasteiger partial charge is 0.307 e. The number of hydrogen-bond acceptors (Lipinski definition) is 3. The standard InChI is InChI=1S/C15H22FNO2S/c1-11(14-8-3-4-9-15(14)16)17-12-6-5-7-13(10-12)20(2,18)19/h3-4,8-9,11-13,17H,5-7,10H2,1-2H3/t11-,12?,13?/m1/s1. The van der Waals surface area contributed by atoms with Gasteiger partial charge in [-0.15, -0.1) is 0 Å². The number of rotatable bonds is 4. The van der Waals surface area contributed by atoms with Crippen molar-refractivity contribution in [3.8, 4) is 0 Å². The van der Waals surface area contributed by atoms with Gasteiger partial charge in [-0.1, -0.05) is 24.6 Å². The van der Waals surface area contributed by atoms with Crippen molar-refractivity contribution in [2.75, 3.05) is 6.26 Å². The van der Waals surface area contributed by atoms with E-state index in [1.807, 2.05) is 13.0 Å². The molecule has 1 fully saturated rings. The number of hydrogen-bond donors (Lipinski definition) is 1. The summed E-state index contributed by atoms with van der Waals surface area (Å²) in [4.78, 5) is 0. The van der Waals surface area contributed by atoms with Gasteiger partial charge in [0.15, 0.2) is 0 Å². The summed E-state index contributed by atoms with van der Waals surface area (Å²) in [6.45, 7) is 1.92. The Bertz CT molecular complexity index is 559. The molecule has 3 atom stereocenters. The van der Waals surface area contributed by atoms with E-state index in [0.29, 0.717) is 12.0 Å². The van der Waals surface area contributed by atoms with Crippen LogP contribution < -0.4 is 5.32 Å². The average molecular weight is 299 g/mol. The first kappa shape index (κ1) is 15.4. The normalized spacial score (nSPS) is 25.4. The molecule has 0 saturated heterocycles. The molecule has 2 rings (SSSR count). The summed E-state index contributed by atoms with van der Waals surface area (Å²) < 4.78 is 37.0. The Labute approximate surface area is 120 Å². The molecule has 0 radical (unpaired) electrons. The maximum Gasteiger partial charge on any atom is 0.150 e. The van der Waals surface area contributed by atoms with Crippen LogP contribution in [0.25, 0.3) is 0 Å². The van der Waals surface area contributed by atoms with E-state index < -0.39 is 9.84 Å². The van der Waals surface area contributed by atoms with E-state index in [1.54, 1.807) is 12.1 Å². The highest BCUT2D eigenvalue weighted by Crippen LogP contribution is 2.26. The van der Waals surface area contributed by atoms with Gasteiger partial charge in [0.1, 0.15) is 15.7 Å². The molecule has 0 bridgehead atoms. The van der Waals surface area contributed by atoms with Crippen LogP contribution in [0.5, 0.6) is 0 Å². The van der Waals surface area contributed by atoms with E-state index in [2.05, 4.69) is 5.32 Å². The molecule has 0 aliphatic heterocycles. The van der Waals surface area contributed by atoms with E-state index in [-0.39, 0.29) is 23.2 Å². The Hall–Kier alpha value is -0.940. The molecule has 112 valence electrons. The molecule has 1 aromatic carbocycles. The predicted molar refractivity (Wildman–Crippen MR) is 78.8 cm³/mol. The van der Waals surface area contributed by atoms with Crippen LogP contribution in [0, 0.1) is 5.82 Å². The average Bonchev–Trinajstić information content (AvgIpc) is 2.38. The summed E-state index contributed by atoms with van der Waals surface area (Å²) in [7, 11) is -2.98. The van der Waals surface area contributed by atoms with Crippen LogP contribution in [0.3, 0.4) is 0 Å². The Morgan fingerprint density at radius 1 is 1.30 bits per heavy atom. The predicted octanol–water partition coefficient (Wildman–Crippen LogP) is 2.83. The fourth-order valence-electron chi connectivity index (χ4n) is 2.95. The topological polar surface area (TPSA) is 46.2 Å². The molecule has 3 nitrogen and oxygen atoms in total. The van der Waals surface area contributed by atoms with E-state index in [9.17, 15) is 12.8 Å².